The standard InChI is InChI=1S/C26H26F2N2O5/c27-26(28)12-21(24(32)33)30(14-26)23(31)22(15-6-5-7-15)29-25(34)35-13-20-18-10-3-1-8-16(18)17-9-2-4-11-19(17)20/h1-4,8-11,15,20-22H,5-7,12-14H2,(H,29,34)(H,32,33)/t21-,22?/m0/s1. The number of hydrogen-bond acceptors (Lipinski definition) is 4. The van der Waals surface area contributed by atoms with Gasteiger partial charge in [0.05, 0.1) is 6.54 Å². The maximum atomic E-state index is 14.0. The third-order valence-corrected chi connectivity index (χ3v) is 7.34. The molecule has 0 bridgehead atoms. The van der Waals surface area contributed by atoms with Gasteiger partial charge in [0.2, 0.25) is 5.91 Å². The highest BCUT2D eigenvalue weighted by Crippen LogP contribution is 2.44. The summed E-state index contributed by atoms with van der Waals surface area (Å²) in [6, 6.07) is 13.0. The van der Waals surface area contributed by atoms with Crippen molar-refractivity contribution in [3.8, 4) is 11.1 Å². The van der Waals surface area contributed by atoms with E-state index in [2.05, 4.69) is 5.32 Å². The van der Waals surface area contributed by atoms with Gasteiger partial charge in [0.1, 0.15) is 18.7 Å². The number of ether oxygens (including phenoxy) is 1. The summed E-state index contributed by atoms with van der Waals surface area (Å²) in [5.41, 5.74) is 4.23. The van der Waals surface area contributed by atoms with Crippen molar-refractivity contribution >= 4 is 18.0 Å². The number of alkyl halides is 2. The fourth-order valence-corrected chi connectivity index (χ4v) is 5.37. The second-order valence-electron chi connectivity index (χ2n) is 9.52. The van der Waals surface area contributed by atoms with Gasteiger partial charge in [-0.05, 0) is 41.0 Å². The van der Waals surface area contributed by atoms with Gasteiger partial charge in [-0.15, -0.1) is 0 Å². The molecule has 0 aromatic heterocycles. The molecule has 2 atom stereocenters. The van der Waals surface area contributed by atoms with Crippen molar-refractivity contribution in [2.75, 3.05) is 13.2 Å². The SMILES string of the molecule is O=C(NC(C(=O)N1CC(F)(F)C[C@H]1C(=O)O)C1CCC1)OCC1c2ccccc2-c2ccccc21. The molecule has 1 saturated heterocycles. The number of carbonyl (C=O) groups excluding carboxylic acids is 2. The number of benzene rings is 2. The van der Waals surface area contributed by atoms with E-state index in [1.807, 2.05) is 48.5 Å². The highest BCUT2D eigenvalue weighted by molar-refractivity contribution is 5.90. The number of carboxylic acids is 1. The molecule has 2 aliphatic carbocycles. The number of nitrogens with one attached hydrogen (secondary N) is 1. The lowest BCUT2D eigenvalue weighted by molar-refractivity contribution is -0.149. The molecular formula is C26H26F2N2O5. The third-order valence-electron chi connectivity index (χ3n) is 7.34. The van der Waals surface area contributed by atoms with E-state index < -0.39 is 48.9 Å². The molecule has 2 aromatic rings. The minimum absolute atomic E-state index is 0.0466. The Hall–Kier alpha value is -3.49. The van der Waals surface area contributed by atoms with Crippen LogP contribution in [0.1, 0.15) is 42.7 Å². The molecule has 9 heteroatoms. The zero-order chi connectivity index (χ0) is 24.7. The quantitative estimate of drug-likeness (QED) is 0.646. The van der Waals surface area contributed by atoms with Crippen molar-refractivity contribution < 1.29 is 33.0 Å². The van der Waals surface area contributed by atoms with Gasteiger partial charge in [-0.1, -0.05) is 55.0 Å². The Morgan fingerprint density at radius 1 is 1.06 bits per heavy atom. The maximum absolute atomic E-state index is 14.0. The fraction of sp³-hybridized carbons (Fsp3) is 0.423. The lowest BCUT2D eigenvalue weighted by Gasteiger charge is -2.36. The van der Waals surface area contributed by atoms with E-state index in [-0.39, 0.29) is 18.4 Å². The Kier molecular flexibility index (Phi) is 5.94. The number of nitrogens with zero attached hydrogens (tertiary/aromatic N) is 1. The van der Waals surface area contributed by atoms with Gasteiger partial charge in [-0.25, -0.2) is 18.4 Å². The molecule has 0 radical (unpaired) electrons. The summed E-state index contributed by atoms with van der Waals surface area (Å²) < 4.78 is 33.4. The van der Waals surface area contributed by atoms with Crippen LogP contribution in [0.3, 0.4) is 0 Å². The minimum Gasteiger partial charge on any atom is -0.480 e. The molecule has 3 aliphatic rings. The molecular weight excluding hydrogens is 458 g/mol. The minimum atomic E-state index is -3.29. The summed E-state index contributed by atoms with van der Waals surface area (Å²) >= 11 is 0. The van der Waals surface area contributed by atoms with E-state index in [1.165, 1.54) is 0 Å². The lowest BCUT2D eigenvalue weighted by Crippen LogP contribution is -2.56. The molecule has 2 fully saturated rings. The highest BCUT2D eigenvalue weighted by atomic mass is 19.3. The second-order valence-corrected chi connectivity index (χ2v) is 9.52. The largest absolute Gasteiger partial charge is 0.480 e. The van der Waals surface area contributed by atoms with Gasteiger partial charge >= 0.3 is 12.1 Å². The number of aliphatic carboxylic acids is 1. The number of carbonyl (C=O) groups is 3. The summed E-state index contributed by atoms with van der Waals surface area (Å²) in [7, 11) is 0. The average molecular weight is 484 g/mol. The Bertz CT molecular complexity index is 1120. The summed E-state index contributed by atoms with van der Waals surface area (Å²) in [5.74, 6) is -5.98. The Labute approximate surface area is 201 Å². The van der Waals surface area contributed by atoms with Crippen LogP contribution in [0.15, 0.2) is 48.5 Å². The summed E-state index contributed by atoms with van der Waals surface area (Å²) in [5, 5.41) is 11.9. The molecule has 2 N–H and O–H groups in total. The molecule has 2 amide bonds. The first kappa shape index (κ1) is 23.3. The van der Waals surface area contributed by atoms with Crippen LogP contribution in [-0.4, -0.2) is 59.1 Å². The summed E-state index contributed by atoms with van der Waals surface area (Å²) in [4.78, 5) is 38.1. The number of hydrogen-bond donors (Lipinski definition) is 2. The number of amides is 2. The van der Waals surface area contributed by atoms with Crippen LogP contribution in [0.5, 0.6) is 0 Å². The number of rotatable bonds is 6. The normalized spacial score (nSPS) is 21.5. The Morgan fingerprint density at radius 2 is 1.66 bits per heavy atom. The molecule has 1 aliphatic heterocycles. The van der Waals surface area contributed by atoms with E-state index in [0.717, 1.165) is 28.7 Å². The van der Waals surface area contributed by atoms with Crippen LogP contribution < -0.4 is 5.32 Å². The van der Waals surface area contributed by atoms with Crippen LogP contribution in [-0.2, 0) is 14.3 Å². The number of halogens is 2. The zero-order valence-electron chi connectivity index (χ0n) is 19.0. The molecule has 1 saturated carbocycles. The number of alkyl carbamates (subject to hydrolysis) is 1. The Morgan fingerprint density at radius 3 is 2.20 bits per heavy atom. The maximum Gasteiger partial charge on any atom is 0.407 e. The van der Waals surface area contributed by atoms with Crippen LogP contribution >= 0.6 is 0 Å². The van der Waals surface area contributed by atoms with Crippen molar-refractivity contribution in [2.45, 2.75) is 49.6 Å². The van der Waals surface area contributed by atoms with E-state index >= 15 is 0 Å². The van der Waals surface area contributed by atoms with Crippen LogP contribution in [0, 0.1) is 5.92 Å². The molecule has 1 unspecified atom stereocenters. The first-order valence-corrected chi connectivity index (χ1v) is 11.8. The van der Waals surface area contributed by atoms with Gasteiger partial charge < -0.3 is 20.1 Å². The van der Waals surface area contributed by atoms with Gasteiger partial charge in [0.25, 0.3) is 5.92 Å². The molecule has 0 spiro atoms. The summed E-state index contributed by atoms with van der Waals surface area (Å²) in [6.07, 6.45) is 0.370. The number of carboxylic acid groups (broad SMARTS) is 1. The molecule has 184 valence electrons. The van der Waals surface area contributed by atoms with Crippen molar-refractivity contribution in [1.29, 1.82) is 0 Å². The molecule has 1 heterocycles. The predicted octanol–water partition coefficient (Wildman–Crippen LogP) is 4.01. The van der Waals surface area contributed by atoms with Crippen molar-refractivity contribution in [1.82, 2.24) is 10.2 Å². The van der Waals surface area contributed by atoms with Gasteiger partial charge in [0.15, 0.2) is 0 Å². The van der Waals surface area contributed by atoms with Gasteiger partial charge in [-0.2, -0.15) is 0 Å². The topological polar surface area (TPSA) is 95.9 Å². The van der Waals surface area contributed by atoms with Crippen LogP contribution in [0.4, 0.5) is 13.6 Å². The van der Waals surface area contributed by atoms with E-state index in [9.17, 15) is 28.3 Å². The third kappa shape index (κ3) is 4.35. The average Bonchev–Trinajstić information content (AvgIpc) is 3.30. The van der Waals surface area contributed by atoms with E-state index in [0.29, 0.717) is 17.7 Å². The second kappa shape index (κ2) is 8.94. The van der Waals surface area contributed by atoms with Gasteiger partial charge in [0, 0.05) is 12.3 Å². The van der Waals surface area contributed by atoms with E-state index in [1.54, 1.807) is 0 Å². The first-order chi connectivity index (χ1) is 16.7. The van der Waals surface area contributed by atoms with Gasteiger partial charge in [-0.3, -0.25) is 4.79 Å². The highest BCUT2D eigenvalue weighted by Gasteiger charge is 2.52. The molecule has 7 nitrogen and oxygen atoms in total. The molecule has 35 heavy (non-hydrogen) atoms. The first-order valence-electron chi connectivity index (χ1n) is 11.8. The molecule has 5 rings (SSSR count). The number of likely N-dealkylation sites (tertiary alicyclic amines) is 1. The number of fused-ring (bicyclic) bond motifs is 3. The fourth-order valence-electron chi connectivity index (χ4n) is 5.37. The lowest BCUT2D eigenvalue weighted by atomic mass is 9.79. The summed E-state index contributed by atoms with van der Waals surface area (Å²) in [6.45, 7) is -0.927. The van der Waals surface area contributed by atoms with Crippen molar-refractivity contribution in [3.63, 3.8) is 0 Å². The van der Waals surface area contributed by atoms with Crippen LogP contribution in [0.25, 0.3) is 11.1 Å². The van der Waals surface area contributed by atoms with Crippen molar-refractivity contribution in [2.24, 2.45) is 5.92 Å². The zero-order valence-corrected chi connectivity index (χ0v) is 19.0. The molecule has 2 aromatic carbocycles. The monoisotopic (exact) mass is 484 g/mol. The van der Waals surface area contributed by atoms with Crippen molar-refractivity contribution in [3.05, 3.63) is 59.7 Å². The Balaban J connectivity index is 1.29. The van der Waals surface area contributed by atoms with Crippen LogP contribution in [0.2, 0.25) is 0 Å². The van der Waals surface area contributed by atoms with E-state index in [4.69, 9.17) is 4.74 Å². The smallest absolute Gasteiger partial charge is 0.407 e. The predicted molar refractivity (Wildman–Crippen MR) is 122 cm³/mol.